The molecule has 57 heavy (non-hydrogen) atoms. The fraction of sp³-hybridized carbons (Fsp3) is 0.256. The molecule has 0 aliphatic carbocycles. The van der Waals surface area contributed by atoms with E-state index in [1.807, 2.05) is 6.08 Å². The van der Waals surface area contributed by atoms with Gasteiger partial charge >= 0.3 is 0 Å². The maximum absolute atomic E-state index is 13.0. The summed E-state index contributed by atoms with van der Waals surface area (Å²) in [6.07, 6.45) is 2.04. The van der Waals surface area contributed by atoms with Gasteiger partial charge < -0.3 is 0 Å². The van der Waals surface area contributed by atoms with E-state index in [9.17, 15) is 16.8 Å². The van der Waals surface area contributed by atoms with Crippen LogP contribution in [0.3, 0.4) is 0 Å². The number of hydrogen-bond donors (Lipinski definition) is 3. The summed E-state index contributed by atoms with van der Waals surface area (Å²) in [6, 6.07) is 17.5. The Kier molecular flexibility index (Phi) is 9.18. The van der Waals surface area contributed by atoms with E-state index >= 15 is 0 Å². The number of nitrogens with zero attached hydrogens (tertiary/aromatic N) is 7. The normalized spacial score (nSPS) is 13.3. The van der Waals surface area contributed by atoms with Crippen LogP contribution >= 0.6 is 22.7 Å². The molecular weight excluding hydrogens is 801 g/mol. The molecule has 0 amide bonds. The van der Waals surface area contributed by atoms with Gasteiger partial charge in [-0.3, -0.25) is 14.5 Å². The van der Waals surface area contributed by atoms with Crippen LogP contribution in [0.15, 0.2) is 79.8 Å². The molecule has 0 aliphatic heterocycles. The van der Waals surface area contributed by atoms with E-state index in [1.165, 1.54) is 22.7 Å². The topological polar surface area (TPSA) is 181 Å². The third-order valence-electron chi connectivity index (χ3n) is 9.27. The average Bonchev–Trinajstić information content (AvgIpc) is 3.97. The van der Waals surface area contributed by atoms with Crippen LogP contribution in [0.5, 0.6) is 0 Å². The summed E-state index contributed by atoms with van der Waals surface area (Å²) in [7, 11) is -7.43. The summed E-state index contributed by atoms with van der Waals surface area (Å²) in [5, 5.41) is 22.2. The van der Waals surface area contributed by atoms with Crippen LogP contribution in [-0.2, 0) is 30.9 Å². The Morgan fingerprint density at radius 2 is 1.14 bits per heavy atom. The zero-order valence-electron chi connectivity index (χ0n) is 32.4. The number of aromatic nitrogens is 8. The predicted molar refractivity (Wildman–Crippen MR) is 225 cm³/mol. The largest absolute Gasteiger partial charge is 0.279 e. The van der Waals surface area contributed by atoms with E-state index in [-0.39, 0.29) is 19.2 Å². The van der Waals surface area contributed by atoms with Gasteiger partial charge in [-0.05, 0) is 102 Å². The Labute approximate surface area is 337 Å². The van der Waals surface area contributed by atoms with Crippen molar-refractivity contribution in [2.45, 2.75) is 74.6 Å². The zero-order chi connectivity index (χ0) is 40.7. The molecule has 6 heterocycles. The number of sulfonamides is 2. The summed E-state index contributed by atoms with van der Waals surface area (Å²) >= 11 is 2.35. The lowest BCUT2D eigenvalue weighted by Crippen LogP contribution is -2.22. The molecule has 0 atom stereocenters. The lowest BCUT2D eigenvalue weighted by Gasteiger charge is -2.18. The lowest BCUT2D eigenvalue weighted by atomic mass is 9.88. The van der Waals surface area contributed by atoms with Crippen LogP contribution in [-0.4, -0.2) is 56.5 Å². The number of anilines is 2. The molecule has 6 aromatic heterocycles. The van der Waals surface area contributed by atoms with Gasteiger partial charge in [-0.15, -0.1) is 37.5 Å². The van der Waals surface area contributed by atoms with Gasteiger partial charge in [0.1, 0.15) is 8.42 Å². The van der Waals surface area contributed by atoms with Crippen molar-refractivity contribution in [3.63, 3.8) is 0 Å². The van der Waals surface area contributed by atoms with E-state index in [2.05, 4.69) is 56.1 Å². The van der Waals surface area contributed by atoms with Gasteiger partial charge in [0.05, 0.1) is 11.4 Å². The Bertz CT molecular complexity index is 3090. The monoisotopic (exact) mass is 840 g/mol. The van der Waals surface area contributed by atoms with Gasteiger partial charge in [-0.1, -0.05) is 41.5 Å². The molecule has 0 bridgehead atoms. The van der Waals surface area contributed by atoms with Crippen molar-refractivity contribution >= 4 is 71.5 Å². The van der Waals surface area contributed by atoms with Crippen LogP contribution < -0.4 is 14.7 Å². The second-order valence-electron chi connectivity index (χ2n) is 15.9. The summed E-state index contributed by atoms with van der Waals surface area (Å²) in [6.45, 7) is 16.1. The Balaban J connectivity index is 1.16. The van der Waals surface area contributed by atoms with E-state index in [0.29, 0.717) is 56.6 Å². The molecule has 2 aromatic carbocycles. The molecule has 8 aromatic rings. The highest BCUT2D eigenvalue weighted by Gasteiger charge is 2.28. The van der Waals surface area contributed by atoms with Crippen LogP contribution in [0.1, 0.15) is 69.6 Å². The number of hydrogen-bond acceptors (Lipinski definition) is 11. The van der Waals surface area contributed by atoms with Gasteiger partial charge in [0.25, 0.3) is 20.0 Å². The van der Waals surface area contributed by atoms with Crippen molar-refractivity contribution in [3.05, 3.63) is 105 Å². The van der Waals surface area contributed by atoms with Gasteiger partial charge in [0, 0.05) is 44.1 Å². The molecule has 0 unspecified atom stereocenters. The minimum Gasteiger partial charge on any atom is -0.279 e. The van der Waals surface area contributed by atoms with Crippen LogP contribution in [0.2, 0.25) is 0 Å². The lowest BCUT2D eigenvalue weighted by molar-refractivity contribution is 0.553. The summed E-state index contributed by atoms with van der Waals surface area (Å²) in [5.41, 5.74) is 6.64. The molecule has 0 aliphatic rings. The van der Waals surface area contributed by atoms with Gasteiger partial charge in [0.2, 0.25) is 0 Å². The van der Waals surface area contributed by atoms with Crippen molar-refractivity contribution in [1.29, 1.82) is 0 Å². The van der Waals surface area contributed by atoms with E-state index in [0.717, 1.165) is 22.2 Å². The number of H-pyrrole nitrogens is 1. The highest BCUT2D eigenvalue weighted by Crippen LogP contribution is 2.32. The number of fused-ring (bicyclic) bond motifs is 2. The van der Waals surface area contributed by atoms with E-state index in [1.54, 1.807) is 94.5 Å². The van der Waals surface area contributed by atoms with Crippen molar-refractivity contribution in [1.82, 2.24) is 39.6 Å². The molecule has 0 saturated carbocycles. The van der Waals surface area contributed by atoms with Gasteiger partial charge in [-0.2, -0.15) is 9.73 Å². The molecular formula is C39H40N10O4S4. The van der Waals surface area contributed by atoms with Crippen LogP contribution in [0.4, 0.5) is 11.4 Å². The van der Waals surface area contributed by atoms with Gasteiger partial charge in [0.15, 0.2) is 22.9 Å². The minimum absolute atomic E-state index is 0.282. The number of aryl methyl sites for hydroxylation is 2. The molecule has 0 fully saturated rings. The van der Waals surface area contributed by atoms with Crippen molar-refractivity contribution in [2.75, 3.05) is 9.44 Å². The van der Waals surface area contributed by atoms with Crippen LogP contribution in [0, 0.1) is 13.8 Å². The SMILES string of the molecule is Cc1ccsc1S(=O)(=O)Nc1ccc(-c2nc3/c(=C\c4c(C(C)(C)C)[nH]n5nc(-c6ccc(NS(=O)(=O)c7sccc7C)cc6)nc45)c(C(C)(C)C)nn3n2)cc1. The number of thiophene rings is 2. The summed E-state index contributed by atoms with van der Waals surface area (Å²) < 4.78 is 61.0. The second kappa shape index (κ2) is 13.6. The first kappa shape index (κ1) is 38.4. The quantitative estimate of drug-likeness (QED) is 0.134. The van der Waals surface area contributed by atoms with E-state index in [4.69, 9.17) is 25.3 Å². The third-order valence-corrected chi connectivity index (χ3v) is 15.4. The Morgan fingerprint density at radius 3 is 1.60 bits per heavy atom. The molecule has 294 valence electrons. The third kappa shape index (κ3) is 7.22. The molecule has 14 nitrogen and oxygen atoms in total. The van der Waals surface area contributed by atoms with E-state index < -0.39 is 20.0 Å². The number of rotatable bonds is 9. The Morgan fingerprint density at radius 1 is 0.649 bits per heavy atom. The fourth-order valence-electron chi connectivity index (χ4n) is 6.47. The van der Waals surface area contributed by atoms with Gasteiger partial charge in [-0.25, -0.2) is 26.8 Å². The molecule has 18 heteroatoms. The van der Waals surface area contributed by atoms with Crippen molar-refractivity contribution < 1.29 is 16.8 Å². The molecule has 3 N–H and O–H groups in total. The maximum Gasteiger partial charge on any atom is 0.271 e. The molecule has 0 spiro atoms. The number of aromatic amines is 1. The first-order valence-electron chi connectivity index (χ1n) is 17.9. The Hall–Kier alpha value is -5.43. The fourth-order valence-corrected chi connectivity index (χ4v) is 11.4. The molecule has 8 rings (SSSR count). The molecule has 0 saturated heterocycles. The highest BCUT2D eigenvalue weighted by molar-refractivity contribution is 7.95. The first-order chi connectivity index (χ1) is 26.8. The second-order valence-corrected chi connectivity index (χ2v) is 21.5. The summed E-state index contributed by atoms with van der Waals surface area (Å²) in [4.78, 5) is 9.93. The summed E-state index contributed by atoms with van der Waals surface area (Å²) in [5.74, 6) is 0.898. The molecule has 0 radical (unpaired) electrons. The van der Waals surface area contributed by atoms with Crippen molar-refractivity contribution in [2.24, 2.45) is 0 Å². The zero-order valence-corrected chi connectivity index (χ0v) is 35.7. The highest BCUT2D eigenvalue weighted by atomic mass is 32.3. The standard InChI is InChI=1S/C39H40N10O4S4/c1-22-17-19-54-36(22)56(50,51)46-26-13-9-24(10-14-26)32-40-34-28(30(38(3,4)5)42-48(34)44-32)21-29-31(39(6,7)8)43-49-35(29)41-33(45-49)25-11-15-27(16-12-25)47-57(52,53)37-23(2)18-20-55-37/h9-21,42,46-47H,1-8H3/b29-21-. The van der Waals surface area contributed by atoms with Crippen molar-refractivity contribution in [3.8, 4) is 22.8 Å². The maximum atomic E-state index is 13.0. The number of nitrogens with one attached hydrogen (secondary N) is 3. The smallest absolute Gasteiger partial charge is 0.271 e. The first-order valence-corrected chi connectivity index (χ1v) is 22.6. The average molecular weight is 841 g/mol. The minimum atomic E-state index is -3.72. The predicted octanol–water partition coefficient (Wildman–Crippen LogP) is 7.31. The van der Waals surface area contributed by atoms with Crippen LogP contribution in [0.25, 0.3) is 40.1 Å². The number of benzene rings is 2.